The molecule has 1 rings (SSSR count). The van der Waals surface area contributed by atoms with Crippen LogP contribution >= 0.6 is 11.6 Å². The highest BCUT2D eigenvalue weighted by Crippen LogP contribution is 2.20. The van der Waals surface area contributed by atoms with E-state index in [0.717, 1.165) is 31.6 Å². The first-order valence-corrected chi connectivity index (χ1v) is 6.20. The molecule has 4 heteroatoms. The standard InChI is InChI=1S/C13H20ClFN2/c1-10-8-12(14)11(9-13(10)15)4-6-17(3)7-5-16-2/h8-9,16H,4-7H2,1-3H3. The molecule has 0 aromatic heterocycles. The lowest BCUT2D eigenvalue weighted by atomic mass is 10.1. The molecule has 1 aromatic carbocycles. The minimum absolute atomic E-state index is 0.178. The zero-order chi connectivity index (χ0) is 12.8. The van der Waals surface area contributed by atoms with E-state index in [-0.39, 0.29) is 5.82 Å². The summed E-state index contributed by atoms with van der Waals surface area (Å²) in [5, 5.41) is 3.76. The van der Waals surface area contributed by atoms with Crippen LogP contribution in [0.3, 0.4) is 0 Å². The Hall–Kier alpha value is -0.640. The summed E-state index contributed by atoms with van der Waals surface area (Å²) in [4.78, 5) is 2.20. The molecule has 2 nitrogen and oxygen atoms in total. The van der Waals surface area contributed by atoms with Gasteiger partial charge >= 0.3 is 0 Å². The number of nitrogens with zero attached hydrogens (tertiary/aromatic N) is 1. The molecule has 0 saturated heterocycles. The highest BCUT2D eigenvalue weighted by Gasteiger charge is 2.07. The average Bonchev–Trinajstić information content (AvgIpc) is 2.29. The summed E-state index contributed by atoms with van der Waals surface area (Å²) < 4.78 is 13.4. The van der Waals surface area contributed by atoms with Gasteiger partial charge in [0.05, 0.1) is 0 Å². The third kappa shape index (κ3) is 4.62. The van der Waals surface area contributed by atoms with Crippen LogP contribution in [0.15, 0.2) is 12.1 Å². The van der Waals surface area contributed by atoms with Crippen LogP contribution in [0.5, 0.6) is 0 Å². The van der Waals surface area contributed by atoms with Crippen LogP contribution in [0.1, 0.15) is 11.1 Å². The summed E-state index contributed by atoms with van der Waals surface area (Å²) in [6, 6.07) is 3.24. The predicted octanol–water partition coefficient (Wildman–Crippen LogP) is 2.48. The summed E-state index contributed by atoms with van der Waals surface area (Å²) in [5.74, 6) is -0.178. The molecule has 0 bridgehead atoms. The van der Waals surface area contributed by atoms with Gasteiger partial charge in [0.2, 0.25) is 0 Å². The minimum Gasteiger partial charge on any atom is -0.318 e. The van der Waals surface area contributed by atoms with Gasteiger partial charge in [-0.25, -0.2) is 4.39 Å². The summed E-state index contributed by atoms with van der Waals surface area (Å²) in [6.07, 6.45) is 0.774. The van der Waals surface area contributed by atoms with E-state index in [1.165, 1.54) is 0 Å². The Morgan fingerprint density at radius 3 is 2.71 bits per heavy atom. The molecule has 0 heterocycles. The third-order valence-electron chi connectivity index (χ3n) is 2.83. The van der Waals surface area contributed by atoms with Crippen molar-refractivity contribution in [1.82, 2.24) is 10.2 Å². The second kappa shape index (κ2) is 6.94. The van der Waals surface area contributed by atoms with Crippen LogP contribution in [0.25, 0.3) is 0 Å². The Kier molecular flexibility index (Phi) is 5.89. The summed E-state index contributed by atoms with van der Waals surface area (Å²) in [5.41, 5.74) is 1.48. The van der Waals surface area contributed by atoms with Crippen molar-refractivity contribution in [3.63, 3.8) is 0 Å². The summed E-state index contributed by atoms with van der Waals surface area (Å²) >= 11 is 6.09. The van der Waals surface area contributed by atoms with Crippen LogP contribution < -0.4 is 5.32 Å². The van der Waals surface area contributed by atoms with Gasteiger partial charge in [0.15, 0.2) is 0 Å². The second-order valence-electron chi connectivity index (χ2n) is 4.35. The highest BCUT2D eigenvalue weighted by molar-refractivity contribution is 6.31. The summed E-state index contributed by atoms with van der Waals surface area (Å²) in [7, 11) is 3.98. The maximum Gasteiger partial charge on any atom is 0.126 e. The molecule has 0 atom stereocenters. The Labute approximate surface area is 108 Å². The van der Waals surface area contributed by atoms with Crippen LogP contribution in [0.4, 0.5) is 4.39 Å². The topological polar surface area (TPSA) is 15.3 Å². The zero-order valence-corrected chi connectivity index (χ0v) is 11.4. The Bertz CT molecular complexity index is 369. The zero-order valence-electron chi connectivity index (χ0n) is 10.7. The van der Waals surface area contributed by atoms with Crippen molar-refractivity contribution >= 4 is 11.6 Å². The van der Waals surface area contributed by atoms with Gasteiger partial charge in [0.25, 0.3) is 0 Å². The molecule has 0 saturated carbocycles. The maximum absolute atomic E-state index is 13.4. The van der Waals surface area contributed by atoms with Gasteiger partial charge in [-0.2, -0.15) is 0 Å². The van der Waals surface area contributed by atoms with Crippen LogP contribution in [0, 0.1) is 12.7 Å². The number of likely N-dealkylation sites (N-methyl/N-ethyl adjacent to an activating group) is 2. The number of aryl methyl sites for hydroxylation is 1. The number of nitrogens with one attached hydrogen (secondary N) is 1. The quantitative estimate of drug-likeness (QED) is 0.843. The fourth-order valence-corrected chi connectivity index (χ4v) is 1.92. The van der Waals surface area contributed by atoms with Gasteiger partial charge < -0.3 is 10.2 Å². The van der Waals surface area contributed by atoms with E-state index in [1.807, 2.05) is 7.05 Å². The van der Waals surface area contributed by atoms with Crippen molar-refractivity contribution in [3.8, 4) is 0 Å². The number of hydrogen-bond donors (Lipinski definition) is 1. The molecular formula is C13H20ClFN2. The van der Waals surface area contributed by atoms with Crippen molar-refractivity contribution in [1.29, 1.82) is 0 Å². The molecule has 0 spiro atoms. The fourth-order valence-electron chi connectivity index (χ4n) is 1.60. The van der Waals surface area contributed by atoms with Crippen molar-refractivity contribution in [2.75, 3.05) is 33.7 Å². The molecule has 0 aliphatic heterocycles. The molecule has 17 heavy (non-hydrogen) atoms. The average molecular weight is 259 g/mol. The molecule has 0 unspecified atom stereocenters. The molecule has 0 aliphatic rings. The van der Waals surface area contributed by atoms with Crippen molar-refractivity contribution < 1.29 is 4.39 Å². The molecule has 1 N–H and O–H groups in total. The lowest BCUT2D eigenvalue weighted by Crippen LogP contribution is -2.29. The number of benzene rings is 1. The Morgan fingerprint density at radius 2 is 2.06 bits per heavy atom. The molecular weight excluding hydrogens is 239 g/mol. The second-order valence-corrected chi connectivity index (χ2v) is 4.76. The van der Waals surface area contributed by atoms with Gasteiger partial charge in [-0.3, -0.25) is 0 Å². The molecule has 0 radical (unpaired) electrons. The lowest BCUT2D eigenvalue weighted by molar-refractivity contribution is 0.339. The normalized spacial score (nSPS) is 11.2. The largest absolute Gasteiger partial charge is 0.318 e. The molecule has 1 aromatic rings. The van der Waals surface area contributed by atoms with E-state index >= 15 is 0 Å². The van der Waals surface area contributed by atoms with Crippen molar-refractivity contribution in [3.05, 3.63) is 34.1 Å². The minimum atomic E-state index is -0.178. The molecule has 0 fully saturated rings. The van der Waals surface area contributed by atoms with Gasteiger partial charge in [-0.15, -0.1) is 0 Å². The Morgan fingerprint density at radius 1 is 1.35 bits per heavy atom. The van der Waals surface area contributed by atoms with E-state index in [9.17, 15) is 4.39 Å². The van der Waals surface area contributed by atoms with Gasteiger partial charge in [0, 0.05) is 24.7 Å². The van der Waals surface area contributed by atoms with Crippen LogP contribution in [-0.2, 0) is 6.42 Å². The fraction of sp³-hybridized carbons (Fsp3) is 0.538. The maximum atomic E-state index is 13.4. The van der Waals surface area contributed by atoms with E-state index < -0.39 is 0 Å². The van der Waals surface area contributed by atoms with Gasteiger partial charge in [-0.1, -0.05) is 11.6 Å². The van der Waals surface area contributed by atoms with Crippen LogP contribution in [-0.4, -0.2) is 38.6 Å². The first-order chi connectivity index (χ1) is 8.04. The number of hydrogen-bond acceptors (Lipinski definition) is 2. The first kappa shape index (κ1) is 14.4. The van der Waals surface area contributed by atoms with E-state index in [0.29, 0.717) is 10.6 Å². The van der Waals surface area contributed by atoms with Crippen LogP contribution in [0.2, 0.25) is 5.02 Å². The van der Waals surface area contributed by atoms with Crippen molar-refractivity contribution in [2.45, 2.75) is 13.3 Å². The Balaban J connectivity index is 2.54. The predicted molar refractivity (Wildman–Crippen MR) is 71.3 cm³/mol. The lowest BCUT2D eigenvalue weighted by Gasteiger charge is -2.16. The van der Waals surface area contributed by atoms with Crippen molar-refractivity contribution in [2.24, 2.45) is 0 Å². The van der Waals surface area contributed by atoms with Gasteiger partial charge in [0.1, 0.15) is 5.82 Å². The summed E-state index contributed by atoms with van der Waals surface area (Å²) in [6.45, 7) is 4.53. The molecule has 0 aliphatic carbocycles. The highest BCUT2D eigenvalue weighted by atomic mass is 35.5. The third-order valence-corrected chi connectivity index (χ3v) is 3.19. The number of halogens is 2. The smallest absolute Gasteiger partial charge is 0.126 e. The SMILES string of the molecule is CNCCN(C)CCc1cc(F)c(C)cc1Cl. The number of rotatable bonds is 6. The van der Waals surface area contributed by atoms with E-state index in [4.69, 9.17) is 11.6 Å². The molecule has 0 amide bonds. The molecule has 96 valence electrons. The monoisotopic (exact) mass is 258 g/mol. The van der Waals surface area contributed by atoms with Gasteiger partial charge in [-0.05, 0) is 50.7 Å². The van der Waals surface area contributed by atoms with E-state index in [1.54, 1.807) is 19.1 Å². The first-order valence-electron chi connectivity index (χ1n) is 5.82. The van der Waals surface area contributed by atoms with E-state index in [2.05, 4.69) is 17.3 Å².